The largest absolute Gasteiger partial charge is 0.480 e. The minimum atomic E-state index is -1.04. The van der Waals surface area contributed by atoms with Crippen LogP contribution in [0.2, 0.25) is 0 Å². The van der Waals surface area contributed by atoms with Crippen LogP contribution in [0.1, 0.15) is 6.42 Å². The van der Waals surface area contributed by atoms with E-state index < -0.39 is 12.0 Å². The lowest BCUT2D eigenvalue weighted by Crippen LogP contribution is -2.30. The third kappa shape index (κ3) is 4.06. The maximum absolute atomic E-state index is 9.98. The van der Waals surface area contributed by atoms with E-state index in [1.54, 1.807) is 0 Å². The maximum Gasteiger partial charge on any atom is 0.320 e. The molecule has 9 heavy (non-hydrogen) atoms. The molecule has 1 atom stereocenters. The fourth-order valence-electron chi connectivity index (χ4n) is 0.315. The summed E-state index contributed by atoms with van der Waals surface area (Å²) in [6, 6.07) is -0.869. The summed E-state index contributed by atoms with van der Waals surface area (Å²) in [5, 5.41) is 8.18. The number of hydrogen-bond donors (Lipinski definition) is 2. The van der Waals surface area contributed by atoms with Crippen LogP contribution in [0.15, 0.2) is 0 Å². The van der Waals surface area contributed by atoms with Crippen molar-refractivity contribution in [3.05, 3.63) is 0 Å². The molecule has 0 bridgehead atoms. The van der Waals surface area contributed by atoms with Gasteiger partial charge in [-0.1, -0.05) is 0 Å². The Morgan fingerprint density at radius 2 is 2.33 bits per heavy atom. The number of carboxylic acid groups (broad SMARTS) is 1. The second-order valence-electron chi connectivity index (χ2n) is 1.59. The van der Waals surface area contributed by atoms with Crippen LogP contribution in [0.4, 0.5) is 0 Å². The van der Waals surface area contributed by atoms with Gasteiger partial charge in [0, 0.05) is 6.16 Å². The van der Waals surface area contributed by atoms with E-state index in [0.29, 0.717) is 6.16 Å². The van der Waals surface area contributed by atoms with Gasteiger partial charge in [-0.15, -0.1) is 0 Å². The normalized spacial score (nSPS) is 13.4. The Hall–Kier alpha value is -0.470. The van der Waals surface area contributed by atoms with E-state index in [9.17, 15) is 9.36 Å². The molecule has 52 valence electrons. The van der Waals surface area contributed by atoms with Crippen LogP contribution < -0.4 is 5.73 Å². The van der Waals surface area contributed by atoms with Crippen molar-refractivity contribution in [1.29, 1.82) is 0 Å². The Labute approximate surface area is 54.2 Å². The predicted molar refractivity (Wildman–Crippen MR) is 32.7 cm³/mol. The third-order valence-corrected chi connectivity index (χ3v) is 1.29. The molecule has 5 heteroatoms. The average Bonchev–Trinajstić information content (AvgIpc) is 1.82. The van der Waals surface area contributed by atoms with Gasteiger partial charge in [-0.05, 0) is 6.42 Å². The molecular weight excluding hydrogens is 141 g/mol. The van der Waals surface area contributed by atoms with Crippen molar-refractivity contribution in [1.82, 2.24) is 0 Å². The minimum absolute atomic E-state index is 0.0480. The Morgan fingerprint density at radius 1 is 1.78 bits per heavy atom. The van der Waals surface area contributed by atoms with E-state index in [4.69, 9.17) is 10.8 Å². The molecule has 0 spiro atoms. The number of carbonyl (C=O) groups is 1. The smallest absolute Gasteiger partial charge is 0.320 e. The molecule has 3 N–H and O–H groups in total. The van der Waals surface area contributed by atoms with Crippen molar-refractivity contribution in [2.45, 2.75) is 12.5 Å². The van der Waals surface area contributed by atoms with Gasteiger partial charge in [-0.2, -0.15) is 0 Å². The van der Waals surface area contributed by atoms with Crippen LogP contribution >= 0.6 is 8.46 Å². The molecule has 0 aromatic heterocycles. The monoisotopic (exact) mass is 149 g/mol. The molecule has 0 aliphatic heterocycles. The molecule has 0 fully saturated rings. The fourth-order valence-corrected chi connectivity index (χ4v) is 0.699. The molecule has 0 aromatic rings. The van der Waals surface area contributed by atoms with Gasteiger partial charge in [-0.25, -0.2) is 0 Å². The fraction of sp³-hybridized carbons (Fsp3) is 0.750. The zero-order chi connectivity index (χ0) is 7.28. The minimum Gasteiger partial charge on any atom is -0.480 e. The van der Waals surface area contributed by atoms with Crippen LogP contribution in [0.25, 0.3) is 0 Å². The lowest BCUT2D eigenvalue weighted by Gasteiger charge is -1.99. The van der Waals surface area contributed by atoms with Gasteiger partial charge in [0.05, 0.1) is 0 Å². The third-order valence-electron chi connectivity index (χ3n) is 0.849. The summed E-state index contributed by atoms with van der Waals surface area (Å²) in [6.45, 7) is 0. The van der Waals surface area contributed by atoms with Crippen LogP contribution in [-0.2, 0) is 9.36 Å². The summed E-state index contributed by atoms with van der Waals surface area (Å²) < 4.78 is 9.78. The molecule has 0 amide bonds. The first-order valence-electron chi connectivity index (χ1n) is 2.46. The van der Waals surface area contributed by atoms with E-state index in [1.165, 1.54) is 0 Å². The Bertz CT molecular complexity index is 116. The molecular formula is C4H8NO3P. The van der Waals surface area contributed by atoms with Gasteiger partial charge in [0.25, 0.3) is 0 Å². The Morgan fingerprint density at radius 3 is 2.67 bits per heavy atom. The summed E-state index contributed by atoms with van der Waals surface area (Å²) in [6.07, 6.45) is 0.577. The zero-order valence-electron chi connectivity index (χ0n) is 4.78. The Kier molecular flexibility index (Phi) is 4.18. The molecule has 0 saturated heterocycles. The van der Waals surface area contributed by atoms with Crippen molar-refractivity contribution in [2.75, 3.05) is 6.16 Å². The van der Waals surface area contributed by atoms with Crippen LogP contribution in [-0.4, -0.2) is 23.3 Å². The van der Waals surface area contributed by atoms with Gasteiger partial charge < -0.3 is 10.8 Å². The van der Waals surface area contributed by atoms with Crippen LogP contribution in [0.5, 0.6) is 0 Å². The van der Waals surface area contributed by atoms with Gasteiger partial charge in [-0.3, -0.25) is 9.36 Å². The molecule has 4 nitrogen and oxygen atoms in total. The zero-order valence-corrected chi connectivity index (χ0v) is 5.67. The molecule has 0 rings (SSSR count). The number of hydrogen-bond acceptors (Lipinski definition) is 3. The van der Waals surface area contributed by atoms with Crippen molar-refractivity contribution in [3.63, 3.8) is 0 Å². The van der Waals surface area contributed by atoms with Gasteiger partial charge in [0.1, 0.15) is 6.04 Å². The molecule has 0 aliphatic carbocycles. The highest BCUT2D eigenvalue weighted by Gasteiger charge is 2.09. The van der Waals surface area contributed by atoms with Crippen molar-refractivity contribution in [3.8, 4) is 0 Å². The summed E-state index contributed by atoms with van der Waals surface area (Å²) in [5.74, 6) is -1.04. The average molecular weight is 149 g/mol. The number of nitrogens with two attached hydrogens (primary N) is 1. The standard InChI is InChI=1S/C4H8NO3P/c5-3(4(6)7)1-2-9-8/h3H,1-2,5H2,(H,6,7). The summed E-state index contributed by atoms with van der Waals surface area (Å²) in [4.78, 5) is 9.98. The van der Waals surface area contributed by atoms with Crippen molar-refractivity contribution >= 4 is 14.4 Å². The lowest BCUT2D eigenvalue weighted by atomic mass is 10.2. The first-order valence-corrected chi connectivity index (χ1v) is 3.45. The Balaban J connectivity index is 3.37. The first kappa shape index (κ1) is 8.53. The molecule has 0 aliphatic rings. The first-order chi connectivity index (χ1) is 4.18. The van der Waals surface area contributed by atoms with E-state index in [2.05, 4.69) is 0 Å². The van der Waals surface area contributed by atoms with E-state index >= 15 is 0 Å². The highest BCUT2D eigenvalue weighted by Crippen LogP contribution is 1.97. The summed E-state index contributed by atoms with van der Waals surface area (Å²) >= 11 is 0. The van der Waals surface area contributed by atoms with E-state index in [-0.39, 0.29) is 14.9 Å². The highest BCUT2D eigenvalue weighted by molar-refractivity contribution is 7.23. The number of carboxylic acids is 1. The van der Waals surface area contributed by atoms with Crippen LogP contribution in [0, 0.1) is 0 Å². The molecule has 0 heterocycles. The number of rotatable bonds is 4. The second-order valence-corrected chi connectivity index (χ2v) is 2.29. The highest BCUT2D eigenvalue weighted by atomic mass is 31.1. The summed E-state index contributed by atoms with van der Waals surface area (Å²) in [5.41, 5.74) is 5.06. The molecule has 0 saturated carbocycles. The second kappa shape index (κ2) is 4.41. The molecule has 0 aromatic carbocycles. The molecule has 0 radical (unpaired) electrons. The van der Waals surface area contributed by atoms with E-state index in [0.717, 1.165) is 0 Å². The molecule has 1 unspecified atom stereocenters. The van der Waals surface area contributed by atoms with Crippen molar-refractivity contribution < 1.29 is 14.5 Å². The van der Waals surface area contributed by atoms with E-state index in [1.807, 2.05) is 0 Å². The SMILES string of the molecule is NC(CCP=O)C(=O)O. The van der Waals surface area contributed by atoms with Gasteiger partial charge >= 0.3 is 5.97 Å². The predicted octanol–water partition coefficient (Wildman–Crippen LogP) is 0.0801. The van der Waals surface area contributed by atoms with Gasteiger partial charge in [0.2, 0.25) is 0 Å². The van der Waals surface area contributed by atoms with Crippen molar-refractivity contribution in [2.24, 2.45) is 5.73 Å². The van der Waals surface area contributed by atoms with Crippen LogP contribution in [0.3, 0.4) is 0 Å². The number of aliphatic carboxylic acids is 1. The van der Waals surface area contributed by atoms with Gasteiger partial charge in [0.15, 0.2) is 8.46 Å². The quantitative estimate of drug-likeness (QED) is 0.554. The summed E-state index contributed by atoms with van der Waals surface area (Å²) in [7, 11) is -0.0480. The lowest BCUT2D eigenvalue weighted by molar-refractivity contribution is -0.138. The topological polar surface area (TPSA) is 80.4 Å². The maximum atomic E-state index is 9.98.